The normalized spacial score (nSPS) is 22.1. The minimum atomic E-state index is -3.09. The Morgan fingerprint density at radius 3 is 2.58 bits per heavy atom. The highest BCUT2D eigenvalue weighted by Gasteiger charge is 2.26. The van der Waals surface area contributed by atoms with Crippen molar-refractivity contribution < 1.29 is 8.42 Å². The molecule has 1 aromatic rings. The Hall–Kier alpha value is -0.580. The minimum Gasteiger partial charge on any atom is -0.212 e. The summed E-state index contributed by atoms with van der Waals surface area (Å²) >= 11 is 5.90. The van der Waals surface area contributed by atoms with Gasteiger partial charge in [-0.1, -0.05) is 30.2 Å². The third-order valence-electron chi connectivity index (χ3n) is 3.73. The molecule has 106 valence electrons. The second-order valence-corrected chi connectivity index (χ2v) is 7.70. The molecule has 0 amide bonds. The maximum absolute atomic E-state index is 12.0. The van der Waals surface area contributed by atoms with Crippen LogP contribution in [0.5, 0.6) is 0 Å². The Morgan fingerprint density at radius 1 is 1.26 bits per heavy atom. The molecule has 5 heteroatoms. The van der Waals surface area contributed by atoms with Crippen LogP contribution in [0.15, 0.2) is 24.3 Å². The van der Waals surface area contributed by atoms with Crippen LogP contribution in [0.25, 0.3) is 0 Å². The SMILES string of the molecule is CCS(=O)(=O)N1CCCCC(c2ccc(Cl)cc2)C1. The molecule has 1 unspecified atom stereocenters. The average molecular weight is 302 g/mol. The fourth-order valence-corrected chi connectivity index (χ4v) is 3.85. The van der Waals surface area contributed by atoms with Gasteiger partial charge in [0, 0.05) is 18.1 Å². The summed E-state index contributed by atoms with van der Waals surface area (Å²) in [6, 6.07) is 7.77. The van der Waals surface area contributed by atoms with Gasteiger partial charge in [0.1, 0.15) is 0 Å². The lowest BCUT2D eigenvalue weighted by Gasteiger charge is -2.23. The largest absolute Gasteiger partial charge is 0.213 e. The van der Waals surface area contributed by atoms with E-state index in [4.69, 9.17) is 11.6 Å². The topological polar surface area (TPSA) is 37.4 Å². The van der Waals surface area contributed by atoms with Crippen molar-refractivity contribution in [3.63, 3.8) is 0 Å². The van der Waals surface area contributed by atoms with Gasteiger partial charge in [-0.15, -0.1) is 0 Å². The second-order valence-electron chi connectivity index (χ2n) is 5.00. The zero-order chi connectivity index (χ0) is 13.9. The maximum Gasteiger partial charge on any atom is 0.213 e. The van der Waals surface area contributed by atoms with Gasteiger partial charge < -0.3 is 0 Å². The van der Waals surface area contributed by atoms with E-state index in [1.54, 1.807) is 11.2 Å². The van der Waals surface area contributed by atoms with Crippen LogP contribution in [-0.4, -0.2) is 31.6 Å². The predicted octanol–water partition coefficient (Wildman–Crippen LogP) is 3.26. The first-order valence-electron chi connectivity index (χ1n) is 6.76. The van der Waals surface area contributed by atoms with Crippen LogP contribution in [-0.2, 0) is 10.0 Å². The number of sulfonamides is 1. The molecule has 1 fully saturated rings. The third-order valence-corrected chi connectivity index (χ3v) is 5.83. The quantitative estimate of drug-likeness (QED) is 0.859. The average Bonchev–Trinajstić information content (AvgIpc) is 2.66. The summed E-state index contributed by atoms with van der Waals surface area (Å²) in [6.45, 7) is 2.95. The molecule has 3 nitrogen and oxygen atoms in total. The van der Waals surface area contributed by atoms with Crippen LogP contribution in [0.4, 0.5) is 0 Å². The van der Waals surface area contributed by atoms with Gasteiger partial charge >= 0.3 is 0 Å². The molecule has 0 radical (unpaired) electrons. The molecule has 0 saturated carbocycles. The van der Waals surface area contributed by atoms with E-state index < -0.39 is 10.0 Å². The summed E-state index contributed by atoms with van der Waals surface area (Å²) in [5, 5.41) is 0.718. The van der Waals surface area contributed by atoms with Crippen LogP contribution in [0.3, 0.4) is 0 Å². The molecule has 1 aliphatic rings. The Bertz CT molecular complexity index is 513. The molecule has 1 aromatic carbocycles. The third kappa shape index (κ3) is 3.71. The van der Waals surface area contributed by atoms with Crippen molar-refractivity contribution in [2.75, 3.05) is 18.8 Å². The summed E-state index contributed by atoms with van der Waals surface area (Å²) in [7, 11) is -3.09. The van der Waals surface area contributed by atoms with Gasteiger partial charge in [0.15, 0.2) is 0 Å². The summed E-state index contributed by atoms with van der Waals surface area (Å²) in [5.41, 5.74) is 1.18. The number of benzene rings is 1. The van der Waals surface area contributed by atoms with Crippen molar-refractivity contribution in [1.29, 1.82) is 0 Å². The lowest BCUT2D eigenvalue weighted by molar-refractivity contribution is 0.407. The minimum absolute atomic E-state index is 0.181. The molecule has 1 atom stereocenters. The first-order chi connectivity index (χ1) is 9.03. The zero-order valence-electron chi connectivity index (χ0n) is 11.2. The van der Waals surface area contributed by atoms with E-state index in [1.165, 1.54) is 5.56 Å². The molecule has 0 aliphatic carbocycles. The van der Waals surface area contributed by atoms with Gasteiger partial charge in [-0.05, 0) is 43.4 Å². The Labute approximate surface area is 120 Å². The van der Waals surface area contributed by atoms with Crippen LogP contribution in [0, 0.1) is 0 Å². The molecule has 19 heavy (non-hydrogen) atoms. The summed E-state index contributed by atoms with van der Waals surface area (Å²) in [6.07, 6.45) is 3.06. The maximum atomic E-state index is 12.0. The van der Waals surface area contributed by atoms with Crippen molar-refractivity contribution in [3.05, 3.63) is 34.9 Å². The van der Waals surface area contributed by atoms with E-state index in [0.29, 0.717) is 13.1 Å². The van der Waals surface area contributed by atoms with Gasteiger partial charge in [0.05, 0.1) is 5.75 Å². The number of rotatable bonds is 3. The molecule has 1 saturated heterocycles. The highest BCUT2D eigenvalue weighted by Crippen LogP contribution is 2.28. The van der Waals surface area contributed by atoms with Gasteiger partial charge in [0.2, 0.25) is 10.0 Å². The molecule has 1 heterocycles. The van der Waals surface area contributed by atoms with Crippen molar-refractivity contribution in [3.8, 4) is 0 Å². The molecular formula is C14H20ClNO2S. The molecular weight excluding hydrogens is 282 g/mol. The lowest BCUT2D eigenvalue weighted by Crippen LogP contribution is -2.35. The van der Waals surface area contributed by atoms with Gasteiger partial charge in [-0.2, -0.15) is 0 Å². The van der Waals surface area contributed by atoms with Gasteiger partial charge in [0.25, 0.3) is 0 Å². The summed E-state index contributed by atoms with van der Waals surface area (Å²) in [5.74, 6) is 0.460. The number of halogens is 1. The second kappa shape index (κ2) is 6.25. The zero-order valence-corrected chi connectivity index (χ0v) is 12.8. The molecule has 0 bridgehead atoms. The molecule has 1 aliphatic heterocycles. The van der Waals surface area contributed by atoms with Crippen molar-refractivity contribution in [2.45, 2.75) is 32.1 Å². The Morgan fingerprint density at radius 2 is 1.95 bits per heavy atom. The van der Waals surface area contributed by atoms with E-state index in [-0.39, 0.29) is 11.7 Å². The van der Waals surface area contributed by atoms with Crippen molar-refractivity contribution in [1.82, 2.24) is 4.31 Å². The van der Waals surface area contributed by atoms with Crippen LogP contribution in [0.2, 0.25) is 5.02 Å². The van der Waals surface area contributed by atoms with Crippen LogP contribution in [0.1, 0.15) is 37.7 Å². The standard InChI is InChI=1S/C14H20ClNO2S/c1-2-19(17,18)16-10-4-3-5-13(11-16)12-6-8-14(15)9-7-12/h6-9,13H,2-5,10-11H2,1H3. The monoisotopic (exact) mass is 301 g/mol. The number of nitrogens with zero attached hydrogens (tertiary/aromatic N) is 1. The number of hydrogen-bond acceptors (Lipinski definition) is 2. The fourth-order valence-electron chi connectivity index (χ4n) is 2.55. The predicted molar refractivity (Wildman–Crippen MR) is 79.1 cm³/mol. The first-order valence-corrected chi connectivity index (χ1v) is 8.75. The summed E-state index contributed by atoms with van der Waals surface area (Å²) < 4.78 is 25.7. The molecule has 0 N–H and O–H groups in total. The van der Waals surface area contributed by atoms with E-state index >= 15 is 0 Å². The highest BCUT2D eigenvalue weighted by atomic mass is 35.5. The summed E-state index contributed by atoms with van der Waals surface area (Å²) in [4.78, 5) is 0. The first kappa shape index (κ1) is 14.8. The molecule has 2 rings (SSSR count). The smallest absolute Gasteiger partial charge is 0.212 e. The van der Waals surface area contributed by atoms with E-state index in [2.05, 4.69) is 0 Å². The Kier molecular flexibility index (Phi) is 4.87. The Balaban J connectivity index is 2.19. The molecule has 0 spiro atoms. The van der Waals surface area contributed by atoms with Crippen LogP contribution >= 0.6 is 11.6 Å². The van der Waals surface area contributed by atoms with Crippen molar-refractivity contribution >= 4 is 21.6 Å². The van der Waals surface area contributed by atoms with Crippen LogP contribution < -0.4 is 0 Å². The van der Waals surface area contributed by atoms with E-state index in [0.717, 1.165) is 24.3 Å². The van der Waals surface area contributed by atoms with E-state index in [1.807, 2.05) is 24.3 Å². The fraction of sp³-hybridized carbons (Fsp3) is 0.571. The molecule has 0 aromatic heterocycles. The lowest BCUT2D eigenvalue weighted by atomic mass is 9.95. The van der Waals surface area contributed by atoms with Crippen molar-refractivity contribution in [2.24, 2.45) is 0 Å². The van der Waals surface area contributed by atoms with E-state index in [9.17, 15) is 8.42 Å². The van der Waals surface area contributed by atoms with Gasteiger partial charge in [-0.3, -0.25) is 0 Å². The number of hydrogen-bond donors (Lipinski definition) is 0. The highest BCUT2D eigenvalue weighted by molar-refractivity contribution is 7.89. The van der Waals surface area contributed by atoms with Gasteiger partial charge in [-0.25, -0.2) is 12.7 Å².